The molecular weight excluding hydrogens is 472 g/mol. The van der Waals surface area contributed by atoms with E-state index in [4.69, 9.17) is 9.40 Å². The smallest absolute Gasteiger partial charge is 0.137 e. The van der Waals surface area contributed by atoms with Gasteiger partial charge in [0.15, 0.2) is 0 Å². The monoisotopic (exact) mass is 494 g/mol. The van der Waals surface area contributed by atoms with E-state index in [0.29, 0.717) is 0 Å². The summed E-state index contributed by atoms with van der Waals surface area (Å²) in [7, 11) is 0. The molecule has 0 N–H and O–H groups in total. The van der Waals surface area contributed by atoms with E-state index in [1.54, 1.807) is 0 Å². The first-order valence-corrected chi connectivity index (χ1v) is 13.4. The van der Waals surface area contributed by atoms with Crippen LogP contribution in [-0.4, -0.2) is 9.55 Å². The van der Waals surface area contributed by atoms with Gasteiger partial charge in [-0.05, 0) is 65.7 Å². The number of aryl methyl sites for hydroxylation is 1. The largest absolute Gasteiger partial charge is 0.456 e. The first-order chi connectivity index (χ1) is 18.3. The molecule has 0 aliphatic rings. The predicted molar refractivity (Wildman–Crippen MR) is 156 cm³/mol. The van der Waals surface area contributed by atoms with Crippen molar-refractivity contribution in [2.75, 3.05) is 0 Å². The van der Waals surface area contributed by atoms with Crippen LogP contribution in [0.25, 0.3) is 70.0 Å². The Morgan fingerprint density at radius 1 is 0.703 bits per heavy atom. The van der Waals surface area contributed by atoms with Crippen molar-refractivity contribution in [3.63, 3.8) is 0 Å². The van der Waals surface area contributed by atoms with Gasteiger partial charge in [-0.15, -0.1) is 11.3 Å². The quantitative estimate of drug-likeness (QED) is 0.245. The highest BCUT2D eigenvalue weighted by atomic mass is 32.1. The molecule has 0 saturated heterocycles. The summed E-state index contributed by atoms with van der Waals surface area (Å²) < 4.78 is 11.3. The summed E-state index contributed by atoms with van der Waals surface area (Å²) in [6.07, 6.45) is 0.848. The highest BCUT2D eigenvalue weighted by Crippen LogP contribution is 2.39. The number of hydrogen-bond donors (Lipinski definition) is 0. The van der Waals surface area contributed by atoms with Crippen molar-refractivity contribution < 1.29 is 4.42 Å². The second-order valence-corrected chi connectivity index (χ2v) is 10.6. The van der Waals surface area contributed by atoms with Gasteiger partial charge in [0.2, 0.25) is 0 Å². The van der Waals surface area contributed by atoms with E-state index in [1.807, 2.05) is 17.4 Å². The molecule has 5 aromatic carbocycles. The van der Waals surface area contributed by atoms with Crippen LogP contribution in [-0.2, 0) is 6.42 Å². The number of aromatic nitrogens is 2. The summed E-state index contributed by atoms with van der Waals surface area (Å²) in [4.78, 5) is 4.93. The number of nitrogens with zero attached hydrogens (tertiary/aromatic N) is 2. The van der Waals surface area contributed by atoms with Gasteiger partial charge in [0, 0.05) is 32.0 Å². The molecule has 3 nitrogen and oxygen atoms in total. The van der Waals surface area contributed by atoms with Crippen molar-refractivity contribution >= 4 is 64.5 Å². The minimum absolute atomic E-state index is 0.848. The Hall–Kier alpha value is -4.41. The van der Waals surface area contributed by atoms with E-state index in [-0.39, 0.29) is 0 Å². The molecule has 37 heavy (non-hydrogen) atoms. The van der Waals surface area contributed by atoms with Gasteiger partial charge >= 0.3 is 0 Å². The van der Waals surface area contributed by atoms with Crippen molar-refractivity contribution in [2.45, 2.75) is 13.3 Å². The lowest BCUT2D eigenvalue weighted by Gasteiger charge is -2.10. The fourth-order valence-corrected chi connectivity index (χ4v) is 6.75. The Morgan fingerprint density at radius 2 is 1.49 bits per heavy atom. The summed E-state index contributed by atoms with van der Waals surface area (Å²) in [5.74, 6) is 1.05. The fraction of sp³-hybridized carbons (Fsp3) is 0.0606. The molecule has 0 bridgehead atoms. The normalized spacial score (nSPS) is 12.0. The predicted octanol–water partition coefficient (Wildman–Crippen LogP) is 9.52. The average molecular weight is 495 g/mol. The zero-order chi connectivity index (χ0) is 24.5. The molecule has 0 aliphatic heterocycles. The van der Waals surface area contributed by atoms with Crippen LogP contribution in [0.3, 0.4) is 0 Å². The standard InChI is InChI=1S/C33H22N2OS/c1-2-32-34-25-9-4-5-10-26(25)35(32)27-11-7-12-29-33(27)24-19-20(14-16-28(24)36-29)21-15-17-31-23(18-21)22-8-3-6-13-30(22)37-31/h3-19H,2H2,1H3. The number of para-hydroxylation sites is 2. The zero-order valence-corrected chi connectivity index (χ0v) is 21.0. The van der Waals surface area contributed by atoms with Crippen LogP contribution in [0.4, 0.5) is 0 Å². The molecule has 0 atom stereocenters. The topological polar surface area (TPSA) is 31.0 Å². The van der Waals surface area contributed by atoms with Gasteiger partial charge in [0.1, 0.15) is 17.0 Å². The fourth-order valence-electron chi connectivity index (χ4n) is 5.66. The second kappa shape index (κ2) is 7.79. The van der Waals surface area contributed by atoms with Gasteiger partial charge < -0.3 is 4.42 Å². The molecule has 3 heterocycles. The van der Waals surface area contributed by atoms with Crippen LogP contribution < -0.4 is 0 Å². The van der Waals surface area contributed by atoms with Crippen LogP contribution in [0, 0.1) is 0 Å². The van der Waals surface area contributed by atoms with E-state index in [0.717, 1.165) is 50.9 Å². The number of furan rings is 1. The first-order valence-electron chi connectivity index (χ1n) is 12.6. The Bertz CT molecular complexity index is 2140. The minimum Gasteiger partial charge on any atom is -0.456 e. The number of hydrogen-bond acceptors (Lipinski definition) is 3. The highest BCUT2D eigenvalue weighted by molar-refractivity contribution is 7.25. The lowest BCUT2D eigenvalue weighted by molar-refractivity contribution is 0.669. The van der Waals surface area contributed by atoms with Crippen LogP contribution in [0.5, 0.6) is 0 Å². The SMILES string of the molecule is CCc1nc2ccccc2n1-c1cccc2oc3ccc(-c4ccc5sc6ccccc6c5c4)cc3c12. The summed E-state index contributed by atoms with van der Waals surface area (Å²) >= 11 is 1.85. The third kappa shape index (κ3) is 3.03. The lowest BCUT2D eigenvalue weighted by Crippen LogP contribution is -2.00. The van der Waals surface area contributed by atoms with Gasteiger partial charge in [-0.1, -0.05) is 55.5 Å². The summed E-state index contributed by atoms with van der Waals surface area (Å²) in [6, 6.07) is 36.7. The Balaban J connectivity index is 1.39. The van der Waals surface area contributed by atoms with E-state index in [9.17, 15) is 0 Å². The van der Waals surface area contributed by atoms with Crippen molar-refractivity contribution in [1.82, 2.24) is 9.55 Å². The highest BCUT2D eigenvalue weighted by Gasteiger charge is 2.18. The average Bonchev–Trinajstić information content (AvgIpc) is 3.63. The van der Waals surface area contributed by atoms with Crippen LogP contribution in [0.2, 0.25) is 0 Å². The van der Waals surface area contributed by atoms with Crippen molar-refractivity contribution in [3.8, 4) is 16.8 Å². The Labute approximate surface area is 217 Å². The molecule has 3 aromatic heterocycles. The maximum absolute atomic E-state index is 6.35. The summed E-state index contributed by atoms with van der Waals surface area (Å²) in [5.41, 5.74) is 7.44. The molecule has 8 aromatic rings. The molecule has 0 unspecified atom stereocenters. The maximum atomic E-state index is 6.35. The molecule has 0 fully saturated rings. The number of fused-ring (bicyclic) bond motifs is 7. The number of imidazole rings is 1. The third-order valence-corrected chi connectivity index (χ3v) is 8.52. The van der Waals surface area contributed by atoms with Gasteiger partial charge in [-0.3, -0.25) is 4.57 Å². The van der Waals surface area contributed by atoms with Crippen molar-refractivity contribution in [3.05, 3.63) is 109 Å². The van der Waals surface area contributed by atoms with Gasteiger partial charge in [-0.25, -0.2) is 4.98 Å². The zero-order valence-electron chi connectivity index (χ0n) is 20.2. The summed E-state index contributed by atoms with van der Waals surface area (Å²) in [6.45, 7) is 2.16. The number of thiophene rings is 1. The van der Waals surface area contributed by atoms with E-state index < -0.39 is 0 Å². The number of rotatable bonds is 3. The molecule has 4 heteroatoms. The summed E-state index contributed by atoms with van der Waals surface area (Å²) in [5, 5.41) is 4.88. The van der Waals surface area contributed by atoms with E-state index >= 15 is 0 Å². The third-order valence-electron chi connectivity index (χ3n) is 7.37. The van der Waals surface area contributed by atoms with E-state index in [2.05, 4.69) is 109 Å². The first kappa shape index (κ1) is 20.7. The molecule has 176 valence electrons. The molecule has 0 amide bonds. The molecule has 0 saturated carbocycles. The Morgan fingerprint density at radius 3 is 2.41 bits per heavy atom. The van der Waals surface area contributed by atoms with Gasteiger partial charge in [0.25, 0.3) is 0 Å². The van der Waals surface area contributed by atoms with Gasteiger partial charge in [0.05, 0.1) is 22.1 Å². The molecule has 0 spiro atoms. The number of benzene rings is 5. The minimum atomic E-state index is 0.848. The maximum Gasteiger partial charge on any atom is 0.137 e. The van der Waals surface area contributed by atoms with E-state index in [1.165, 1.54) is 31.3 Å². The van der Waals surface area contributed by atoms with Crippen LogP contribution in [0.15, 0.2) is 108 Å². The molecular formula is C33H22N2OS. The lowest BCUT2D eigenvalue weighted by atomic mass is 10.0. The van der Waals surface area contributed by atoms with Gasteiger partial charge in [-0.2, -0.15) is 0 Å². The molecule has 0 aliphatic carbocycles. The van der Waals surface area contributed by atoms with Crippen molar-refractivity contribution in [2.24, 2.45) is 0 Å². The van der Waals surface area contributed by atoms with Crippen LogP contribution in [0.1, 0.15) is 12.7 Å². The van der Waals surface area contributed by atoms with Crippen molar-refractivity contribution in [1.29, 1.82) is 0 Å². The Kier molecular flexibility index (Phi) is 4.37. The molecule has 0 radical (unpaired) electrons. The second-order valence-electron chi connectivity index (χ2n) is 9.48. The van der Waals surface area contributed by atoms with Crippen LogP contribution >= 0.6 is 11.3 Å². The molecule has 8 rings (SSSR count).